The summed E-state index contributed by atoms with van der Waals surface area (Å²) < 4.78 is 28.5. The zero-order chi connectivity index (χ0) is 24.3. The van der Waals surface area contributed by atoms with E-state index in [2.05, 4.69) is 29.4 Å². The van der Waals surface area contributed by atoms with Crippen molar-refractivity contribution in [3.05, 3.63) is 53.6 Å². The first-order valence-electron chi connectivity index (χ1n) is 11.6. The normalized spacial score (nSPS) is 15.5. The number of benzene rings is 2. The number of Topliss-reactive ketones (excluding diaryl/α,β-unsaturated/α-hetero) is 1. The highest BCUT2D eigenvalue weighted by molar-refractivity contribution is 7.89. The van der Waals surface area contributed by atoms with Crippen molar-refractivity contribution >= 4 is 48.4 Å². The van der Waals surface area contributed by atoms with Crippen molar-refractivity contribution in [1.29, 1.82) is 0 Å². The Bertz CT molecular complexity index is 1310. The van der Waals surface area contributed by atoms with Crippen molar-refractivity contribution in [3.8, 4) is 0 Å². The monoisotopic (exact) mass is 499 g/mol. The molecule has 1 aliphatic heterocycles. The minimum absolute atomic E-state index is 0.107. The average molecular weight is 500 g/mol. The summed E-state index contributed by atoms with van der Waals surface area (Å²) in [6, 6.07) is 12.3. The molecular weight excluding hydrogens is 470 g/mol. The van der Waals surface area contributed by atoms with Crippen LogP contribution in [0.1, 0.15) is 55.5 Å². The number of ketones is 1. The molecule has 7 nitrogen and oxygen atoms in total. The van der Waals surface area contributed by atoms with Crippen LogP contribution in [0.25, 0.3) is 10.2 Å². The molecule has 0 bridgehead atoms. The van der Waals surface area contributed by atoms with Crippen LogP contribution >= 0.6 is 11.3 Å². The van der Waals surface area contributed by atoms with E-state index in [1.54, 1.807) is 12.1 Å². The summed E-state index contributed by atoms with van der Waals surface area (Å²) in [6.07, 6.45) is 4.19. The van der Waals surface area contributed by atoms with Crippen molar-refractivity contribution in [2.45, 2.75) is 50.8 Å². The summed E-state index contributed by atoms with van der Waals surface area (Å²) in [6.45, 7) is 4.09. The molecule has 9 heteroatoms. The topological polar surface area (TPSA) is 96.4 Å². The SMILES string of the molecule is CCCCc1ccc2nc(NC(=O)C3CCN(S(=O)(=O)c4cccc(C(C)=O)c4)CC3)sc2c1. The fourth-order valence-corrected chi connectivity index (χ4v) is 6.60. The van der Waals surface area contributed by atoms with Crippen molar-refractivity contribution < 1.29 is 18.0 Å². The lowest BCUT2D eigenvalue weighted by molar-refractivity contribution is -0.120. The molecule has 1 saturated heterocycles. The number of rotatable bonds is 8. The summed E-state index contributed by atoms with van der Waals surface area (Å²) in [5.41, 5.74) is 2.51. The van der Waals surface area contributed by atoms with Crippen LogP contribution in [0.2, 0.25) is 0 Å². The number of sulfonamides is 1. The van der Waals surface area contributed by atoms with Gasteiger partial charge in [0.05, 0.1) is 15.1 Å². The van der Waals surface area contributed by atoms with E-state index in [-0.39, 0.29) is 35.6 Å². The Balaban J connectivity index is 1.38. The van der Waals surface area contributed by atoms with Crippen LogP contribution in [0, 0.1) is 5.92 Å². The first-order chi connectivity index (χ1) is 16.3. The van der Waals surface area contributed by atoms with E-state index in [4.69, 9.17) is 0 Å². The van der Waals surface area contributed by atoms with Gasteiger partial charge in [0.25, 0.3) is 0 Å². The molecular formula is C25H29N3O4S2. The van der Waals surface area contributed by atoms with Crippen LogP contribution < -0.4 is 5.32 Å². The van der Waals surface area contributed by atoms with E-state index >= 15 is 0 Å². The number of carbonyl (C=O) groups excluding carboxylic acids is 2. The van der Waals surface area contributed by atoms with Gasteiger partial charge < -0.3 is 5.32 Å². The molecule has 0 spiro atoms. The number of aryl methyl sites for hydroxylation is 1. The Kier molecular flexibility index (Phi) is 7.45. The van der Waals surface area contributed by atoms with E-state index in [9.17, 15) is 18.0 Å². The third kappa shape index (κ3) is 5.37. The third-order valence-corrected chi connectivity index (χ3v) is 9.03. The number of thiazole rings is 1. The first kappa shape index (κ1) is 24.5. The minimum Gasteiger partial charge on any atom is -0.302 e. The number of anilines is 1. The number of nitrogens with one attached hydrogen (secondary N) is 1. The van der Waals surface area contributed by atoms with E-state index in [1.807, 2.05) is 6.07 Å². The van der Waals surface area contributed by atoms with Crippen molar-refractivity contribution in [2.24, 2.45) is 5.92 Å². The molecule has 0 saturated carbocycles. The molecule has 1 aromatic heterocycles. The molecule has 2 aromatic carbocycles. The first-order valence-corrected chi connectivity index (χ1v) is 13.8. The Labute approximate surface area is 204 Å². The molecule has 1 aliphatic rings. The quantitative estimate of drug-likeness (QED) is 0.446. The van der Waals surface area contributed by atoms with Crippen molar-refractivity contribution in [3.63, 3.8) is 0 Å². The highest BCUT2D eigenvalue weighted by Crippen LogP contribution is 2.29. The van der Waals surface area contributed by atoms with E-state index < -0.39 is 10.0 Å². The lowest BCUT2D eigenvalue weighted by Gasteiger charge is -2.30. The van der Waals surface area contributed by atoms with Gasteiger partial charge in [-0.2, -0.15) is 4.31 Å². The van der Waals surface area contributed by atoms with Crippen LogP contribution in [0.4, 0.5) is 5.13 Å². The van der Waals surface area contributed by atoms with Gasteiger partial charge in [-0.05, 0) is 62.4 Å². The fourth-order valence-electron chi connectivity index (χ4n) is 4.15. The summed E-state index contributed by atoms with van der Waals surface area (Å²) in [5, 5.41) is 3.50. The van der Waals surface area contributed by atoms with E-state index in [0.717, 1.165) is 29.5 Å². The molecule has 1 fully saturated rings. The fraction of sp³-hybridized carbons (Fsp3) is 0.400. The second-order valence-corrected chi connectivity index (χ2v) is 11.6. The molecule has 1 amide bonds. The van der Waals surface area contributed by atoms with Gasteiger partial charge in [-0.1, -0.05) is 42.9 Å². The number of aromatic nitrogens is 1. The van der Waals surface area contributed by atoms with Crippen LogP contribution in [0.15, 0.2) is 47.4 Å². The standard InChI is InChI=1S/C25H29N3O4S2/c1-3-4-6-18-9-10-22-23(15-18)33-25(26-22)27-24(30)19-11-13-28(14-12-19)34(31,32)21-8-5-7-20(16-21)17(2)29/h5,7-10,15-16,19H,3-4,6,11-14H2,1-2H3,(H,26,27,30). The number of unbranched alkanes of at least 4 members (excludes halogenated alkanes) is 1. The summed E-state index contributed by atoms with van der Waals surface area (Å²) in [7, 11) is -3.72. The molecule has 0 unspecified atom stereocenters. The van der Waals surface area contributed by atoms with Gasteiger partial charge >= 0.3 is 0 Å². The molecule has 4 rings (SSSR count). The molecule has 1 N–H and O–H groups in total. The lowest BCUT2D eigenvalue weighted by atomic mass is 9.97. The van der Waals surface area contributed by atoms with Crippen LogP contribution in [-0.4, -0.2) is 42.5 Å². The van der Waals surface area contributed by atoms with Crippen molar-refractivity contribution in [2.75, 3.05) is 18.4 Å². The van der Waals surface area contributed by atoms with Crippen LogP contribution in [0.3, 0.4) is 0 Å². The number of piperidine rings is 1. The molecule has 180 valence electrons. The summed E-state index contributed by atoms with van der Waals surface area (Å²) in [5.74, 6) is -0.581. The van der Waals surface area contributed by atoms with Gasteiger partial charge in [0.15, 0.2) is 10.9 Å². The number of hydrogen-bond acceptors (Lipinski definition) is 6. The van der Waals surface area contributed by atoms with Gasteiger partial charge in [-0.15, -0.1) is 0 Å². The largest absolute Gasteiger partial charge is 0.302 e. The lowest BCUT2D eigenvalue weighted by Crippen LogP contribution is -2.41. The van der Waals surface area contributed by atoms with E-state index in [1.165, 1.54) is 40.3 Å². The Morgan fingerprint density at radius 3 is 2.62 bits per heavy atom. The molecule has 0 aliphatic carbocycles. The number of nitrogens with zero attached hydrogens (tertiary/aromatic N) is 2. The maximum absolute atomic E-state index is 13.0. The Hall–Kier alpha value is -2.62. The Morgan fingerprint density at radius 1 is 1.15 bits per heavy atom. The van der Waals surface area contributed by atoms with Crippen LogP contribution in [0.5, 0.6) is 0 Å². The predicted molar refractivity (Wildman–Crippen MR) is 135 cm³/mol. The third-order valence-electron chi connectivity index (χ3n) is 6.21. The van der Waals surface area contributed by atoms with Crippen molar-refractivity contribution in [1.82, 2.24) is 9.29 Å². The second-order valence-electron chi connectivity index (χ2n) is 8.68. The van der Waals surface area contributed by atoms with E-state index in [0.29, 0.717) is 23.5 Å². The Morgan fingerprint density at radius 2 is 1.91 bits per heavy atom. The van der Waals surface area contributed by atoms with Crippen LogP contribution in [-0.2, 0) is 21.2 Å². The van der Waals surface area contributed by atoms with Gasteiger partial charge in [0.1, 0.15) is 0 Å². The highest BCUT2D eigenvalue weighted by atomic mass is 32.2. The maximum atomic E-state index is 13.0. The highest BCUT2D eigenvalue weighted by Gasteiger charge is 2.32. The smallest absolute Gasteiger partial charge is 0.243 e. The maximum Gasteiger partial charge on any atom is 0.243 e. The summed E-state index contributed by atoms with van der Waals surface area (Å²) in [4.78, 5) is 29.1. The van der Waals surface area contributed by atoms with Gasteiger partial charge in [-0.3, -0.25) is 9.59 Å². The summed E-state index contributed by atoms with van der Waals surface area (Å²) >= 11 is 1.47. The number of hydrogen-bond donors (Lipinski definition) is 1. The zero-order valence-electron chi connectivity index (χ0n) is 19.4. The van der Waals surface area contributed by atoms with Gasteiger partial charge in [0, 0.05) is 24.6 Å². The van der Waals surface area contributed by atoms with Gasteiger partial charge in [0.2, 0.25) is 15.9 Å². The second kappa shape index (κ2) is 10.3. The average Bonchev–Trinajstić information content (AvgIpc) is 3.24. The number of fused-ring (bicyclic) bond motifs is 1. The number of carbonyl (C=O) groups is 2. The molecule has 2 heterocycles. The predicted octanol–water partition coefficient (Wildman–Crippen LogP) is 4.88. The number of amides is 1. The molecule has 34 heavy (non-hydrogen) atoms. The molecule has 0 atom stereocenters. The molecule has 0 radical (unpaired) electrons. The zero-order valence-corrected chi connectivity index (χ0v) is 21.0. The minimum atomic E-state index is -3.72. The van der Waals surface area contributed by atoms with Gasteiger partial charge in [-0.25, -0.2) is 13.4 Å². The molecule has 3 aromatic rings.